The Morgan fingerprint density at radius 2 is 0.579 bits per heavy atom. The number of esters is 3. The van der Waals surface area contributed by atoms with Gasteiger partial charge >= 0.3 is 17.9 Å². The average molecular weight is 807 g/mol. The Kier molecular flexibility index (Phi) is 44.2. The molecular formula is C51H98O6. The lowest BCUT2D eigenvalue weighted by atomic mass is 10.0. The van der Waals surface area contributed by atoms with Gasteiger partial charge in [-0.25, -0.2) is 0 Å². The minimum absolute atomic E-state index is 0.0630. The van der Waals surface area contributed by atoms with Crippen LogP contribution in [-0.2, 0) is 28.6 Å². The van der Waals surface area contributed by atoms with Gasteiger partial charge in [0.05, 0.1) is 0 Å². The molecule has 0 rings (SSSR count). The van der Waals surface area contributed by atoms with Crippen LogP contribution >= 0.6 is 0 Å². The van der Waals surface area contributed by atoms with Crippen molar-refractivity contribution >= 4 is 17.9 Å². The molecule has 0 fully saturated rings. The van der Waals surface area contributed by atoms with Crippen molar-refractivity contribution in [2.75, 3.05) is 13.2 Å². The third-order valence-electron chi connectivity index (χ3n) is 11.5. The normalized spacial score (nSPS) is 11.9. The Balaban J connectivity index is 4.32. The largest absolute Gasteiger partial charge is 0.462 e. The first-order chi connectivity index (χ1) is 27.9. The van der Waals surface area contributed by atoms with Gasteiger partial charge in [0.25, 0.3) is 0 Å². The standard InChI is InChI=1S/C51H98O6/c1-5-7-9-11-13-15-17-19-21-23-27-32-36-40-44-51(54)57-48(46-56-50(53)43-39-35-31-28-24-25-29-33-37-41-47(3)4)45-55-49(52)42-38-34-30-26-22-20-18-16-14-12-10-8-6-2/h47-48H,5-46H2,1-4H3/t48-/m1/s1. The number of carbonyl (C=O) groups excluding carboxylic acids is 3. The molecule has 0 aliphatic carbocycles. The maximum absolute atomic E-state index is 12.8. The maximum Gasteiger partial charge on any atom is 0.306 e. The fraction of sp³-hybridized carbons (Fsp3) is 0.941. The fourth-order valence-corrected chi connectivity index (χ4v) is 7.69. The number of ether oxygens (including phenoxy) is 3. The highest BCUT2D eigenvalue weighted by atomic mass is 16.6. The van der Waals surface area contributed by atoms with E-state index in [0.717, 1.165) is 63.7 Å². The van der Waals surface area contributed by atoms with E-state index in [1.165, 1.54) is 180 Å². The van der Waals surface area contributed by atoms with E-state index >= 15 is 0 Å². The summed E-state index contributed by atoms with van der Waals surface area (Å²) in [5.74, 6) is -0.0376. The monoisotopic (exact) mass is 807 g/mol. The van der Waals surface area contributed by atoms with Crippen LogP contribution in [0.2, 0.25) is 0 Å². The van der Waals surface area contributed by atoms with Crippen LogP contribution in [0.3, 0.4) is 0 Å². The Morgan fingerprint density at radius 1 is 0.333 bits per heavy atom. The van der Waals surface area contributed by atoms with Crippen molar-refractivity contribution < 1.29 is 28.6 Å². The van der Waals surface area contributed by atoms with E-state index in [1.807, 2.05) is 0 Å². The summed E-state index contributed by atoms with van der Waals surface area (Å²) in [6, 6.07) is 0. The zero-order valence-corrected chi connectivity index (χ0v) is 38.8. The summed E-state index contributed by atoms with van der Waals surface area (Å²) in [5, 5.41) is 0. The molecule has 0 saturated heterocycles. The smallest absolute Gasteiger partial charge is 0.306 e. The number of unbranched alkanes of at least 4 members (excludes halogenated alkanes) is 33. The van der Waals surface area contributed by atoms with E-state index in [1.54, 1.807) is 0 Å². The van der Waals surface area contributed by atoms with Gasteiger partial charge in [-0.1, -0.05) is 246 Å². The summed E-state index contributed by atoms with van der Waals surface area (Å²) in [4.78, 5) is 37.9. The van der Waals surface area contributed by atoms with Crippen LogP contribution in [0.4, 0.5) is 0 Å². The van der Waals surface area contributed by atoms with Crippen LogP contribution in [0.1, 0.15) is 285 Å². The molecule has 1 atom stereocenters. The Bertz CT molecular complexity index is 857. The number of carbonyl (C=O) groups is 3. The van der Waals surface area contributed by atoms with Gasteiger partial charge in [0.15, 0.2) is 6.10 Å². The maximum atomic E-state index is 12.8. The first-order valence-electron chi connectivity index (χ1n) is 25.4. The van der Waals surface area contributed by atoms with E-state index in [0.29, 0.717) is 19.3 Å². The van der Waals surface area contributed by atoms with E-state index in [2.05, 4.69) is 27.7 Å². The van der Waals surface area contributed by atoms with Gasteiger partial charge in [0.2, 0.25) is 0 Å². The third kappa shape index (κ3) is 45.3. The summed E-state index contributed by atoms with van der Waals surface area (Å²) in [7, 11) is 0. The molecule has 6 heteroatoms. The molecule has 57 heavy (non-hydrogen) atoms. The predicted octanol–water partition coefficient (Wildman–Crippen LogP) is 16.3. The summed E-state index contributed by atoms with van der Waals surface area (Å²) >= 11 is 0. The van der Waals surface area contributed by atoms with Crippen molar-refractivity contribution in [1.29, 1.82) is 0 Å². The quantitative estimate of drug-likeness (QED) is 0.0346. The molecule has 6 nitrogen and oxygen atoms in total. The molecule has 0 unspecified atom stereocenters. The first-order valence-corrected chi connectivity index (χ1v) is 25.4. The van der Waals surface area contributed by atoms with Crippen molar-refractivity contribution in [2.45, 2.75) is 291 Å². The number of rotatable bonds is 46. The average Bonchev–Trinajstić information content (AvgIpc) is 3.19. The fourth-order valence-electron chi connectivity index (χ4n) is 7.69. The third-order valence-corrected chi connectivity index (χ3v) is 11.5. The molecule has 0 radical (unpaired) electrons. The lowest BCUT2D eigenvalue weighted by molar-refractivity contribution is -0.167. The molecule has 0 spiro atoms. The predicted molar refractivity (Wildman–Crippen MR) is 243 cm³/mol. The number of hydrogen-bond acceptors (Lipinski definition) is 6. The molecule has 338 valence electrons. The number of hydrogen-bond donors (Lipinski definition) is 0. The SMILES string of the molecule is CCCCCCCCCCCCCCCCC(=O)O[C@H](COC(=O)CCCCCCCCCCCCCCC)COC(=O)CCCCCCCCCCCC(C)C. The van der Waals surface area contributed by atoms with Crippen molar-refractivity contribution in [2.24, 2.45) is 5.92 Å². The van der Waals surface area contributed by atoms with Gasteiger partial charge in [-0.05, 0) is 25.2 Å². The van der Waals surface area contributed by atoms with Crippen LogP contribution in [0.15, 0.2) is 0 Å². The molecule has 0 bridgehead atoms. The summed E-state index contributed by atoms with van der Waals surface area (Å²) < 4.78 is 16.8. The lowest BCUT2D eigenvalue weighted by Crippen LogP contribution is -2.30. The van der Waals surface area contributed by atoms with Gasteiger partial charge in [0, 0.05) is 19.3 Å². The highest BCUT2D eigenvalue weighted by Crippen LogP contribution is 2.17. The Morgan fingerprint density at radius 3 is 0.860 bits per heavy atom. The second-order valence-corrected chi connectivity index (χ2v) is 17.9. The second kappa shape index (κ2) is 45.5. The molecule has 0 amide bonds. The highest BCUT2D eigenvalue weighted by molar-refractivity contribution is 5.71. The van der Waals surface area contributed by atoms with E-state index in [-0.39, 0.29) is 31.1 Å². The topological polar surface area (TPSA) is 78.9 Å². The molecule has 0 aliphatic heterocycles. The van der Waals surface area contributed by atoms with Crippen molar-refractivity contribution in [3.05, 3.63) is 0 Å². The van der Waals surface area contributed by atoms with Crippen molar-refractivity contribution in [3.63, 3.8) is 0 Å². The highest BCUT2D eigenvalue weighted by Gasteiger charge is 2.19. The van der Waals surface area contributed by atoms with Crippen LogP contribution in [0.5, 0.6) is 0 Å². The van der Waals surface area contributed by atoms with Crippen molar-refractivity contribution in [1.82, 2.24) is 0 Å². The molecular weight excluding hydrogens is 709 g/mol. The van der Waals surface area contributed by atoms with E-state index < -0.39 is 6.10 Å². The lowest BCUT2D eigenvalue weighted by Gasteiger charge is -2.18. The van der Waals surface area contributed by atoms with Crippen LogP contribution in [0, 0.1) is 5.92 Å². The zero-order chi connectivity index (χ0) is 41.7. The van der Waals surface area contributed by atoms with Gasteiger partial charge < -0.3 is 14.2 Å². The minimum Gasteiger partial charge on any atom is -0.462 e. The van der Waals surface area contributed by atoms with Gasteiger partial charge in [-0.15, -0.1) is 0 Å². The van der Waals surface area contributed by atoms with E-state index in [9.17, 15) is 14.4 Å². The van der Waals surface area contributed by atoms with Crippen LogP contribution in [-0.4, -0.2) is 37.2 Å². The second-order valence-electron chi connectivity index (χ2n) is 17.9. The molecule has 0 aromatic rings. The molecule has 0 heterocycles. The molecule has 0 aromatic heterocycles. The minimum atomic E-state index is -0.760. The first kappa shape index (κ1) is 55.4. The van der Waals surface area contributed by atoms with E-state index in [4.69, 9.17) is 14.2 Å². The zero-order valence-electron chi connectivity index (χ0n) is 38.8. The summed E-state index contributed by atoms with van der Waals surface area (Å²) in [6.07, 6.45) is 46.5. The van der Waals surface area contributed by atoms with Gasteiger partial charge in [-0.3, -0.25) is 14.4 Å². The summed E-state index contributed by atoms with van der Waals surface area (Å²) in [6.45, 7) is 9.00. The molecule has 0 saturated carbocycles. The molecule has 0 aromatic carbocycles. The van der Waals surface area contributed by atoms with Gasteiger partial charge in [0.1, 0.15) is 13.2 Å². The molecule has 0 aliphatic rings. The van der Waals surface area contributed by atoms with Crippen LogP contribution in [0.25, 0.3) is 0 Å². The van der Waals surface area contributed by atoms with Crippen LogP contribution < -0.4 is 0 Å². The Hall–Kier alpha value is -1.59. The van der Waals surface area contributed by atoms with Gasteiger partial charge in [-0.2, -0.15) is 0 Å². The Labute approximate surface area is 355 Å². The summed E-state index contributed by atoms with van der Waals surface area (Å²) in [5.41, 5.74) is 0. The molecule has 0 N–H and O–H groups in total. The van der Waals surface area contributed by atoms with Crippen molar-refractivity contribution in [3.8, 4) is 0 Å².